The molecule has 1 aliphatic rings. The summed E-state index contributed by atoms with van der Waals surface area (Å²) >= 11 is 5.36. The van der Waals surface area contributed by atoms with Crippen molar-refractivity contribution in [3.8, 4) is 0 Å². The van der Waals surface area contributed by atoms with Crippen LogP contribution in [-0.4, -0.2) is 41.1 Å². The van der Waals surface area contributed by atoms with Gasteiger partial charge in [-0.1, -0.05) is 6.92 Å². The van der Waals surface area contributed by atoms with Crippen molar-refractivity contribution < 1.29 is 21.1 Å². The molecule has 0 spiro atoms. The maximum absolute atomic E-state index is 5.36. The van der Waals surface area contributed by atoms with Crippen LogP contribution in [0.4, 0.5) is 0 Å². The number of rotatable bonds is 3. The SMILES string of the molecule is CCCN1CCCN(CC)C1=S.[Pt]. The van der Waals surface area contributed by atoms with Crippen LogP contribution in [0.5, 0.6) is 0 Å². The van der Waals surface area contributed by atoms with E-state index in [0.29, 0.717) is 0 Å². The fourth-order valence-corrected chi connectivity index (χ4v) is 2.02. The van der Waals surface area contributed by atoms with Crippen molar-refractivity contribution in [3.05, 3.63) is 0 Å². The van der Waals surface area contributed by atoms with E-state index in [1.165, 1.54) is 12.8 Å². The average molecular weight is 381 g/mol. The zero-order valence-electron chi connectivity index (χ0n) is 8.36. The van der Waals surface area contributed by atoms with E-state index in [1.807, 2.05) is 0 Å². The predicted molar refractivity (Wildman–Crippen MR) is 56.3 cm³/mol. The van der Waals surface area contributed by atoms with Gasteiger partial charge in [-0.05, 0) is 32.0 Å². The molecule has 0 radical (unpaired) electrons. The summed E-state index contributed by atoms with van der Waals surface area (Å²) in [6.07, 6.45) is 2.45. The molecule has 2 nitrogen and oxygen atoms in total. The molecule has 80 valence electrons. The van der Waals surface area contributed by atoms with Gasteiger partial charge in [-0.15, -0.1) is 0 Å². The summed E-state index contributed by atoms with van der Waals surface area (Å²) in [5.74, 6) is 0. The Morgan fingerprint density at radius 1 is 1.23 bits per heavy atom. The van der Waals surface area contributed by atoms with Gasteiger partial charge in [0.05, 0.1) is 0 Å². The molecule has 1 fully saturated rings. The van der Waals surface area contributed by atoms with E-state index in [-0.39, 0.29) is 21.1 Å². The van der Waals surface area contributed by atoms with Gasteiger partial charge >= 0.3 is 0 Å². The first-order chi connectivity index (χ1) is 5.79. The summed E-state index contributed by atoms with van der Waals surface area (Å²) in [4.78, 5) is 4.61. The Kier molecular flexibility index (Phi) is 6.97. The Hall–Kier alpha value is 0.378. The second-order valence-electron chi connectivity index (χ2n) is 3.20. The van der Waals surface area contributed by atoms with Crippen molar-refractivity contribution in [2.45, 2.75) is 26.7 Å². The molecule has 4 heteroatoms. The second kappa shape index (κ2) is 6.78. The summed E-state index contributed by atoms with van der Waals surface area (Å²) < 4.78 is 0. The molecule has 0 amide bonds. The normalized spacial score (nSPS) is 17.2. The molecule has 0 bridgehead atoms. The topological polar surface area (TPSA) is 6.48 Å². The number of thiocarbonyl (C=S) groups is 1. The van der Waals surface area contributed by atoms with Crippen LogP contribution in [0.3, 0.4) is 0 Å². The molecule has 1 aliphatic heterocycles. The Bertz CT molecular complexity index is 162. The second-order valence-corrected chi connectivity index (χ2v) is 3.57. The molecule has 1 rings (SSSR count). The van der Waals surface area contributed by atoms with E-state index in [2.05, 4.69) is 23.6 Å². The van der Waals surface area contributed by atoms with Crippen molar-refractivity contribution >= 4 is 17.3 Å². The first-order valence-electron chi connectivity index (χ1n) is 4.83. The third-order valence-electron chi connectivity index (χ3n) is 2.27. The maximum atomic E-state index is 5.36. The van der Waals surface area contributed by atoms with Crippen LogP contribution in [0, 0.1) is 0 Å². The monoisotopic (exact) mass is 381 g/mol. The number of nitrogens with zero attached hydrogens (tertiary/aromatic N) is 2. The summed E-state index contributed by atoms with van der Waals surface area (Å²) in [6.45, 7) is 8.85. The van der Waals surface area contributed by atoms with Crippen LogP contribution in [0.25, 0.3) is 0 Å². The van der Waals surface area contributed by atoms with Gasteiger partial charge in [0.1, 0.15) is 0 Å². The zero-order valence-corrected chi connectivity index (χ0v) is 11.5. The van der Waals surface area contributed by atoms with Gasteiger partial charge in [-0.25, -0.2) is 0 Å². The largest absolute Gasteiger partial charge is 0.349 e. The van der Waals surface area contributed by atoms with Gasteiger partial charge < -0.3 is 9.80 Å². The number of hydrogen-bond acceptors (Lipinski definition) is 1. The van der Waals surface area contributed by atoms with Crippen molar-refractivity contribution in [2.24, 2.45) is 0 Å². The molecule has 0 aromatic rings. The summed E-state index contributed by atoms with van der Waals surface area (Å²) in [5, 5.41) is 1.06. The quantitative estimate of drug-likeness (QED) is 0.688. The molecule has 0 N–H and O–H groups in total. The molecule has 0 aliphatic carbocycles. The van der Waals surface area contributed by atoms with E-state index >= 15 is 0 Å². The Labute approximate surface area is 101 Å². The average Bonchev–Trinajstić information content (AvgIpc) is 2.09. The first-order valence-corrected chi connectivity index (χ1v) is 5.24. The van der Waals surface area contributed by atoms with E-state index < -0.39 is 0 Å². The van der Waals surface area contributed by atoms with Crippen molar-refractivity contribution in [3.63, 3.8) is 0 Å². The molecule has 0 saturated carbocycles. The number of hydrogen-bond donors (Lipinski definition) is 0. The van der Waals surface area contributed by atoms with Crippen LogP contribution in [0.1, 0.15) is 26.7 Å². The smallest absolute Gasteiger partial charge is 0.171 e. The van der Waals surface area contributed by atoms with E-state index in [1.54, 1.807) is 0 Å². The molecule has 0 unspecified atom stereocenters. The Morgan fingerprint density at radius 3 is 2.38 bits per heavy atom. The van der Waals surface area contributed by atoms with E-state index in [0.717, 1.165) is 31.3 Å². The summed E-state index contributed by atoms with van der Waals surface area (Å²) in [6, 6.07) is 0. The van der Waals surface area contributed by atoms with Crippen molar-refractivity contribution in [2.75, 3.05) is 26.2 Å². The fourth-order valence-electron chi connectivity index (χ4n) is 1.61. The first kappa shape index (κ1) is 13.4. The zero-order chi connectivity index (χ0) is 8.97. The standard InChI is InChI=1S/C9H18N2S.Pt/c1-3-6-11-8-5-7-10(4-2)9(11)12;/h3-8H2,1-2H3;. The van der Waals surface area contributed by atoms with Crippen molar-refractivity contribution in [1.82, 2.24) is 9.80 Å². The minimum absolute atomic E-state index is 0. The minimum atomic E-state index is 0. The molecule has 1 heterocycles. The van der Waals surface area contributed by atoms with E-state index in [9.17, 15) is 0 Å². The molecular weight excluding hydrogens is 363 g/mol. The van der Waals surface area contributed by atoms with Gasteiger partial charge in [0.2, 0.25) is 0 Å². The van der Waals surface area contributed by atoms with Gasteiger partial charge in [0.25, 0.3) is 0 Å². The van der Waals surface area contributed by atoms with Crippen LogP contribution in [0.2, 0.25) is 0 Å². The maximum Gasteiger partial charge on any atom is 0.171 e. The fraction of sp³-hybridized carbons (Fsp3) is 0.889. The van der Waals surface area contributed by atoms with Gasteiger partial charge in [0, 0.05) is 47.2 Å². The Balaban J connectivity index is 0.00000144. The summed E-state index contributed by atoms with van der Waals surface area (Å²) in [5.41, 5.74) is 0. The molecule has 0 aromatic carbocycles. The molecule has 0 aromatic heterocycles. The minimum Gasteiger partial charge on any atom is -0.349 e. The van der Waals surface area contributed by atoms with Crippen LogP contribution < -0.4 is 0 Å². The van der Waals surface area contributed by atoms with Crippen molar-refractivity contribution in [1.29, 1.82) is 0 Å². The molecule has 0 atom stereocenters. The van der Waals surface area contributed by atoms with E-state index in [4.69, 9.17) is 12.2 Å². The molecule has 1 saturated heterocycles. The molecular formula is C9H18N2PtS. The van der Waals surface area contributed by atoms with Crippen LogP contribution in [0.15, 0.2) is 0 Å². The van der Waals surface area contributed by atoms with Gasteiger partial charge in [-0.2, -0.15) is 0 Å². The third-order valence-corrected chi connectivity index (χ3v) is 2.79. The van der Waals surface area contributed by atoms with Crippen LogP contribution in [-0.2, 0) is 21.1 Å². The Morgan fingerprint density at radius 2 is 1.85 bits per heavy atom. The summed E-state index contributed by atoms with van der Waals surface area (Å²) in [7, 11) is 0. The van der Waals surface area contributed by atoms with Gasteiger partial charge in [-0.3, -0.25) is 0 Å². The van der Waals surface area contributed by atoms with Gasteiger partial charge in [0.15, 0.2) is 5.11 Å². The molecule has 13 heavy (non-hydrogen) atoms. The van der Waals surface area contributed by atoms with Crippen LogP contribution >= 0.6 is 12.2 Å². The predicted octanol–water partition coefficient (Wildman–Crippen LogP) is 1.71. The third kappa shape index (κ3) is 3.55.